The maximum atomic E-state index is 10.3. The smallest absolute Gasteiger partial charge is 0.117 e. The van der Waals surface area contributed by atoms with Crippen LogP contribution in [0.15, 0.2) is 35.0 Å². The third-order valence-corrected chi connectivity index (χ3v) is 9.35. The van der Waals surface area contributed by atoms with Gasteiger partial charge in [0.1, 0.15) is 5.76 Å². The Morgan fingerprint density at radius 3 is 2.73 bits per heavy atom. The van der Waals surface area contributed by atoms with Crippen LogP contribution in [-0.4, -0.2) is 35.5 Å². The summed E-state index contributed by atoms with van der Waals surface area (Å²) in [6, 6.07) is 4.02. The Morgan fingerprint density at radius 1 is 1.23 bits per heavy atom. The van der Waals surface area contributed by atoms with Crippen molar-refractivity contribution in [2.75, 3.05) is 13.2 Å². The van der Waals surface area contributed by atoms with Gasteiger partial charge in [-0.05, 0) is 91.7 Å². The van der Waals surface area contributed by atoms with E-state index in [4.69, 9.17) is 10.2 Å². The molecule has 1 heterocycles. The van der Waals surface area contributed by atoms with Gasteiger partial charge in [-0.1, -0.05) is 26.0 Å². The van der Waals surface area contributed by atoms with Crippen molar-refractivity contribution in [2.24, 2.45) is 40.2 Å². The first-order valence-corrected chi connectivity index (χ1v) is 11.8. The standard InChI is InChI=1S/C25H40N2O3/c1-16-23(26)12-22-20(14-27-13-19-5-4-10-30-19)21(7-9-24(16,22)2)25(3)8-6-18(29)11-17(25)15-28/h4-5,10,17-18,20-23,27-29H,1,6-9,11-15,26H2,2-3H3/t17-,18+,20-,21?,22?,23?,24-,25+/m1/s1. The highest BCUT2D eigenvalue weighted by molar-refractivity contribution is 5.26. The van der Waals surface area contributed by atoms with Crippen LogP contribution in [0.5, 0.6) is 0 Å². The third-order valence-electron chi connectivity index (χ3n) is 9.35. The van der Waals surface area contributed by atoms with Gasteiger partial charge in [0.2, 0.25) is 0 Å². The van der Waals surface area contributed by atoms with Crippen LogP contribution in [0, 0.1) is 34.5 Å². The lowest BCUT2D eigenvalue weighted by atomic mass is 9.49. The summed E-state index contributed by atoms with van der Waals surface area (Å²) in [5.41, 5.74) is 7.88. The van der Waals surface area contributed by atoms with E-state index in [0.717, 1.165) is 51.0 Å². The van der Waals surface area contributed by atoms with E-state index in [-0.39, 0.29) is 35.5 Å². The van der Waals surface area contributed by atoms with E-state index in [1.807, 2.05) is 12.1 Å². The van der Waals surface area contributed by atoms with Crippen molar-refractivity contribution >= 4 is 0 Å². The van der Waals surface area contributed by atoms with E-state index in [1.54, 1.807) is 6.26 Å². The lowest BCUT2D eigenvalue weighted by Gasteiger charge is -2.56. The fraction of sp³-hybridized carbons (Fsp3) is 0.760. The summed E-state index contributed by atoms with van der Waals surface area (Å²) in [7, 11) is 0. The largest absolute Gasteiger partial charge is 0.468 e. The van der Waals surface area contributed by atoms with Crippen LogP contribution < -0.4 is 11.1 Å². The maximum Gasteiger partial charge on any atom is 0.117 e. The summed E-state index contributed by atoms with van der Waals surface area (Å²) in [6.07, 6.45) is 7.23. The van der Waals surface area contributed by atoms with Crippen LogP contribution >= 0.6 is 0 Å². The molecule has 0 spiro atoms. The molecule has 0 aromatic carbocycles. The summed E-state index contributed by atoms with van der Waals surface area (Å²) in [4.78, 5) is 0. The zero-order valence-corrected chi connectivity index (χ0v) is 18.6. The highest BCUT2D eigenvalue weighted by Crippen LogP contribution is 2.63. The Morgan fingerprint density at radius 2 is 2.03 bits per heavy atom. The summed E-state index contributed by atoms with van der Waals surface area (Å²) in [6.45, 7) is 11.0. The summed E-state index contributed by atoms with van der Waals surface area (Å²) < 4.78 is 5.52. The highest BCUT2D eigenvalue weighted by Gasteiger charge is 2.58. The summed E-state index contributed by atoms with van der Waals surface area (Å²) in [5, 5.41) is 24.1. The van der Waals surface area contributed by atoms with Crippen molar-refractivity contribution in [2.45, 2.75) is 71.1 Å². The van der Waals surface area contributed by atoms with Crippen molar-refractivity contribution in [3.63, 3.8) is 0 Å². The highest BCUT2D eigenvalue weighted by atomic mass is 16.3. The Labute approximate surface area is 181 Å². The molecule has 5 heteroatoms. The van der Waals surface area contributed by atoms with E-state index in [9.17, 15) is 10.2 Å². The molecular weight excluding hydrogens is 376 g/mol. The molecule has 3 fully saturated rings. The normalized spacial score (nSPS) is 44.2. The number of nitrogens with two attached hydrogens (primary N) is 1. The van der Waals surface area contributed by atoms with Crippen LogP contribution in [0.3, 0.4) is 0 Å². The van der Waals surface area contributed by atoms with Crippen LogP contribution in [0.2, 0.25) is 0 Å². The molecule has 0 amide bonds. The first-order valence-electron chi connectivity index (χ1n) is 11.8. The van der Waals surface area contributed by atoms with Gasteiger partial charge >= 0.3 is 0 Å². The van der Waals surface area contributed by atoms with E-state index in [0.29, 0.717) is 24.2 Å². The fourth-order valence-corrected chi connectivity index (χ4v) is 7.33. The first-order chi connectivity index (χ1) is 14.3. The third kappa shape index (κ3) is 3.68. The Kier molecular flexibility index (Phi) is 6.19. The molecule has 3 unspecified atom stereocenters. The summed E-state index contributed by atoms with van der Waals surface area (Å²) in [5.74, 6) is 2.59. The molecule has 1 aromatic rings. The molecule has 168 valence electrons. The molecule has 0 saturated heterocycles. The van der Waals surface area contributed by atoms with Crippen molar-refractivity contribution in [3.8, 4) is 0 Å². The van der Waals surface area contributed by atoms with Crippen molar-refractivity contribution < 1.29 is 14.6 Å². The Hall–Kier alpha value is -1.14. The lowest BCUT2D eigenvalue weighted by molar-refractivity contribution is -0.0934. The van der Waals surface area contributed by atoms with Gasteiger partial charge in [-0.25, -0.2) is 0 Å². The number of hydrogen-bond donors (Lipinski definition) is 4. The zero-order chi connectivity index (χ0) is 21.5. The second kappa shape index (κ2) is 8.42. The first kappa shape index (κ1) is 22.1. The quantitative estimate of drug-likeness (QED) is 0.533. The molecule has 3 aliphatic carbocycles. The predicted molar refractivity (Wildman–Crippen MR) is 118 cm³/mol. The average molecular weight is 417 g/mol. The molecule has 3 saturated carbocycles. The number of hydrogen-bond acceptors (Lipinski definition) is 5. The fourth-order valence-electron chi connectivity index (χ4n) is 7.33. The summed E-state index contributed by atoms with van der Waals surface area (Å²) >= 11 is 0. The molecule has 0 bridgehead atoms. The van der Waals surface area contributed by atoms with Gasteiger partial charge in [-0.3, -0.25) is 0 Å². The van der Waals surface area contributed by atoms with E-state index in [2.05, 4.69) is 25.7 Å². The minimum atomic E-state index is -0.278. The molecule has 3 aliphatic rings. The number of furan rings is 1. The van der Waals surface area contributed by atoms with Gasteiger partial charge in [-0.15, -0.1) is 0 Å². The van der Waals surface area contributed by atoms with E-state index < -0.39 is 0 Å². The van der Waals surface area contributed by atoms with Gasteiger partial charge < -0.3 is 25.7 Å². The molecule has 30 heavy (non-hydrogen) atoms. The van der Waals surface area contributed by atoms with Crippen LogP contribution in [0.25, 0.3) is 0 Å². The zero-order valence-electron chi connectivity index (χ0n) is 18.6. The number of rotatable bonds is 6. The maximum absolute atomic E-state index is 10.3. The Bertz CT molecular complexity index is 735. The van der Waals surface area contributed by atoms with Crippen LogP contribution in [-0.2, 0) is 6.54 Å². The van der Waals surface area contributed by atoms with E-state index in [1.165, 1.54) is 5.57 Å². The SMILES string of the molecule is C=C1C(N)CC2[C@H](CNCc3ccco3)C([C@@]3(C)CC[C@H](O)C[C@@H]3CO)CC[C@]12C. The Balaban J connectivity index is 1.60. The molecule has 5 N–H and O–H groups in total. The van der Waals surface area contributed by atoms with Crippen molar-refractivity contribution in [1.82, 2.24) is 5.32 Å². The molecule has 8 atom stereocenters. The van der Waals surface area contributed by atoms with Crippen LogP contribution in [0.1, 0.15) is 58.1 Å². The van der Waals surface area contributed by atoms with Crippen LogP contribution in [0.4, 0.5) is 0 Å². The van der Waals surface area contributed by atoms with Gasteiger partial charge in [-0.2, -0.15) is 0 Å². The van der Waals surface area contributed by atoms with Gasteiger partial charge in [0.15, 0.2) is 0 Å². The van der Waals surface area contributed by atoms with Gasteiger partial charge in [0.05, 0.1) is 18.9 Å². The topological polar surface area (TPSA) is 91.7 Å². The van der Waals surface area contributed by atoms with Gasteiger partial charge in [0.25, 0.3) is 0 Å². The molecular formula is C25H40N2O3. The average Bonchev–Trinajstić information content (AvgIpc) is 3.32. The number of aliphatic hydroxyl groups excluding tert-OH is 2. The second-order valence-electron chi connectivity index (χ2n) is 10.7. The number of fused-ring (bicyclic) bond motifs is 1. The lowest BCUT2D eigenvalue weighted by Crippen LogP contribution is -2.53. The molecule has 5 nitrogen and oxygen atoms in total. The van der Waals surface area contributed by atoms with Gasteiger partial charge in [0, 0.05) is 12.6 Å². The minimum absolute atomic E-state index is 0.0420. The minimum Gasteiger partial charge on any atom is -0.468 e. The number of aliphatic hydroxyl groups is 2. The predicted octanol–water partition coefficient (Wildman–Crippen LogP) is 3.46. The van der Waals surface area contributed by atoms with Crippen molar-refractivity contribution in [3.05, 3.63) is 36.3 Å². The van der Waals surface area contributed by atoms with Crippen molar-refractivity contribution in [1.29, 1.82) is 0 Å². The molecule has 1 aromatic heterocycles. The second-order valence-corrected chi connectivity index (χ2v) is 10.7. The molecule has 0 aliphatic heterocycles. The van der Waals surface area contributed by atoms with E-state index >= 15 is 0 Å². The molecule has 4 rings (SSSR count). The number of nitrogens with one attached hydrogen (secondary N) is 1. The monoisotopic (exact) mass is 416 g/mol. The molecule has 0 radical (unpaired) electrons.